The highest BCUT2D eigenvalue weighted by Gasteiger charge is 2.31. The molecule has 0 saturated carbocycles. The van der Waals surface area contributed by atoms with Gasteiger partial charge in [-0.3, -0.25) is 14.9 Å². The number of nitrogens with zero attached hydrogens (tertiary/aromatic N) is 1. The molecule has 0 radical (unpaired) electrons. The first-order chi connectivity index (χ1) is 9.34. The predicted octanol–water partition coefficient (Wildman–Crippen LogP) is 3.88. The molecule has 0 saturated heterocycles. The van der Waals surface area contributed by atoms with Crippen LogP contribution < -0.4 is 4.74 Å². The molecule has 0 heterocycles. The van der Waals surface area contributed by atoms with Crippen LogP contribution in [0.5, 0.6) is 5.75 Å². The Morgan fingerprint density at radius 3 is 2.55 bits per heavy atom. The molecule has 1 N–H and O–H groups in total. The molecule has 20 heavy (non-hydrogen) atoms. The van der Waals surface area contributed by atoms with E-state index < -0.39 is 22.5 Å². The zero-order valence-electron chi connectivity index (χ0n) is 10.9. The highest BCUT2D eigenvalue weighted by atomic mass is 35.5. The molecule has 1 aromatic rings. The monoisotopic (exact) mass is 321 g/mol. The molecule has 0 aliphatic rings. The molecule has 0 fully saturated rings. The van der Waals surface area contributed by atoms with Gasteiger partial charge in [0.1, 0.15) is 0 Å². The standard InChI is InChI=1S/C12H13Cl2NO5/c1-3-4-6(12(16)17)9-7(13)5-8(15(18)19)11(20-2)10(9)14/h5-6H,3-4H2,1-2H3,(H,16,17). The molecular formula is C12H13Cl2NO5. The average molecular weight is 322 g/mol. The van der Waals surface area contributed by atoms with Gasteiger partial charge in [0.2, 0.25) is 5.75 Å². The van der Waals surface area contributed by atoms with Crippen molar-refractivity contribution in [3.8, 4) is 5.75 Å². The fraction of sp³-hybridized carbons (Fsp3) is 0.417. The van der Waals surface area contributed by atoms with Crippen molar-refractivity contribution in [1.29, 1.82) is 0 Å². The number of halogens is 2. The number of nitro groups is 1. The minimum Gasteiger partial charge on any atom is -0.489 e. The lowest BCUT2D eigenvalue weighted by atomic mass is 9.94. The maximum atomic E-state index is 11.3. The number of rotatable bonds is 6. The summed E-state index contributed by atoms with van der Waals surface area (Å²) in [5, 5.41) is 20.0. The van der Waals surface area contributed by atoms with Gasteiger partial charge >= 0.3 is 11.7 Å². The molecule has 8 heteroatoms. The maximum Gasteiger partial charge on any atom is 0.314 e. The highest BCUT2D eigenvalue weighted by molar-refractivity contribution is 6.38. The van der Waals surface area contributed by atoms with Crippen molar-refractivity contribution in [3.05, 3.63) is 31.8 Å². The summed E-state index contributed by atoms with van der Waals surface area (Å²) in [5.74, 6) is -2.21. The van der Waals surface area contributed by atoms with Crippen molar-refractivity contribution in [3.63, 3.8) is 0 Å². The molecule has 1 aromatic carbocycles. The van der Waals surface area contributed by atoms with Crippen molar-refractivity contribution < 1.29 is 19.6 Å². The lowest BCUT2D eigenvalue weighted by Crippen LogP contribution is -2.13. The molecule has 0 aliphatic carbocycles. The second-order valence-electron chi connectivity index (χ2n) is 4.08. The van der Waals surface area contributed by atoms with Crippen LogP contribution in [0.4, 0.5) is 5.69 Å². The SMILES string of the molecule is CCCC(C(=O)O)c1c(Cl)cc([N+](=O)[O-])c(OC)c1Cl. The fourth-order valence-electron chi connectivity index (χ4n) is 1.93. The molecule has 0 amide bonds. The quantitative estimate of drug-likeness (QED) is 0.634. The first kappa shape index (κ1) is 16.5. The first-order valence-corrected chi connectivity index (χ1v) is 6.53. The molecule has 1 rings (SSSR count). The van der Waals surface area contributed by atoms with Gasteiger partial charge in [0, 0.05) is 11.6 Å². The summed E-state index contributed by atoms with van der Waals surface area (Å²) in [6.07, 6.45) is 0.915. The minimum atomic E-state index is -1.09. The van der Waals surface area contributed by atoms with E-state index >= 15 is 0 Å². The number of benzene rings is 1. The molecule has 1 unspecified atom stereocenters. The van der Waals surface area contributed by atoms with Gasteiger partial charge in [-0.05, 0) is 6.42 Å². The largest absolute Gasteiger partial charge is 0.489 e. The Kier molecular flexibility index (Phi) is 5.59. The van der Waals surface area contributed by atoms with E-state index in [0.717, 1.165) is 6.07 Å². The maximum absolute atomic E-state index is 11.3. The number of carboxylic acid groups (broad SMARTS) is 1. The summed E-state index contributed by atoms with van der Waals surface area (Å²) in [6.45, 7) is 1.82. The summed E-state index contributed by atoms with van der Waals surface area (Å²) in [7, 11) is 1.22. The second-order valence-corrected chi connectivity index (χ2v) is 4.86. The number of hydrogen-bond acceptors (Lipinski definition) is 4. The van der Waals surface area contributed by atoms with Gasteiger partial charge in [0.15, 0.2) is 0 Å². The van der Waals surface area contributed by atoms with Crippen LogP contribution in [-0.2, 0) is 4.79 Å². The normalized spacial score (nSPS) is 12.0. The first-order valence-electron chi connectivity index (χ1n) is 5.78. The van der Waals surface area contributed by atoms with Gasteiger partial charge < -0.3 is 9.84 Å². The van der Waals surface area contributed by atoms with E-state index in [2.05, 4.69) is 0 Å². The lowest BCUT2D eigenvalue weighted by Gasteiger charge is -2.17. The lowest BCUT2D eigenvalue weighted by molar-refractivity contribution is -0.385. The molecule has 0 aliphatic heterocycles. The second kappa shape index (κ2) is 6.76. The fourth-order valence-corrected chi connectivity index (χ4v) is 2.72. The van der Waals surface area contributed by atoms with Crippen LogP contribution in [0.3, 0.4) is 0 Å². The van der Waals surface area contributed by atoms with Crippen LogP contribution in [0.25, 0.3) is 0 Å². The number of methoxy groups -OCH3 is 1. The minimum absolute atomic E-state index is 0.0525. The third-order valence-corrected chi connectivity index (χ3v) is 3.50. The Morgan fingerprint density at radius 2 is 2.15 bits per heavy atom. The Labute approximate surface area is 125 Å². The highest BCUT2D eigenvalue weighted by Crippen LogP contribution is 2.45. The third kappa shape index (κ3) is 3.13. The summed E-state index contributed by atoms with van der Waals surface area (Å²) < 4.78 is 4.92. The summed E-state index contributed by atoms with van der Waals surface area (Å²) in [5.41, 5.74) is -0.253. The van der Waals surface area contributed by atoms with E-state index in [-0.39, 0.29) is 21.4 Å². The van der Waals surface area contributed by atoms with Crippen molar-refractivity contribution in [2.75, 3.05) is 7.11 Å². The van der Waals surface area contributed by atoms with E-state index in [9.17, 15) is 20.0 Å². The zero-order valence-corrected chi connectivity index (χ0v) is 12.4. The number of nitro benzene ring substituents is 1. The molecule has 0 aromatic heterocycles. The van der Waals surface area contributed by atoms with Crippen molar-refractivity contribution in [1.82, 2.24) is 0 Å². The van der Waals surface area contributed by atoms with Crippen LogP contribution in [0, 0.1) is 10.1 Å². The zero-order chi connectivity index (χ0) is 15.4. The van der Waals surface area contributed by atoms with Crippen LogP contribution in [0.2, 0.25) is 10.0 Å². The molecule has 6 nitrogen and oxygen atoms in total. The van der Waals surface area contributed by atoms with Crippen molar-refractivity contribution in [2.24, 2.45) is 0 Å². The van der Waals surface area contributed by atoms with Crippen molar-refractivity contribution >= 4 is 34.9 Å². The smallest absolute Gasteiger partial charge is 0.314 e. The Bertz CT molecular complexity index is 547. The molecule has 0 spiro atoms. The van der Waals surface area contributed by atoms with E-state index in [1.165, 1.54) is 7.11 Å². The van der Waals surface area contributed by atoms with E-state index in [1.807, 2.05) is 6.92 Å². The van der Waals surface area contributed by atoms with Gasteiger partial charge in [-0.1, -0.05) is 36.5 Å². The van der Waals surface area contributed by atoms with Crippen LogP contribution in [-0.4, -0.2) is 23.1 Å². The Hall–Kier alpha value is -1.53. The van der Waals surface area contributed by atoms with Gasteiger partial charge in [-0.15, -0.1) is 0 Å². The van der Waals surface area contributed by atoms with Gasteiger partial charge in [-0.2, -0.15) is 0 Å². The number of hydrogen-bond donors (Lipinski definition) is 1. The molecule has 1 atom stereocenters. The van der Waals surface area contributed by atoms with Gasteiger partial charge in [-0.25, -0.2) is 0 Å². The molecular weight excluding hydrogens is 309 g/mol. The summed E-state index contributed by atoms with van der Waals surface area (Å²) >= 11 is 12.0. The Morgan fingerprint density at radius 1 is 1.55 bits per heavy atom. The number of carbonyl (C=O) groups is 1. The van der Waals surface area contributed by atoms with E-state index in [0.29, 0.717) is 12.8 Å². The van der Waals surface area contributed by atoms with Gasteiger partial charge in [0.05, 0.1) is 28.0 Å². The summed E-state index contributed by atoms with van der Waals surface area (Å²) in [4.78, 5) is 21.6. The average Bonchev–Trinajstić information content (AvgIpc) is 2.36. The number of carboxylic acids is 1. The number of aliphatic carboxylic acids is 1. The molecule has 110 valence electrons. The van der Waals surface area contributed by atoms with Crippen LogP contribution in [0.1, 0.15) is 31.2 Å². The molecule has 0 bridgehead atoms. The third-order valence-electron chi connectivity index (χ3n) is 2.81. The van der Waals surface area contributed by atoms with Crippen LogP contribution in [0.15, 0.2) is 6.07 Å². The van der Waals surface area contributed by atoms with E-state index in [4.69, 9.17) is 27.9 Å². The Balaban J connectivity index is 3.55. The number of ether oxygens (including phenoxy) is 1. The summed E-state index contributed by atoms with van der Waals surface area (Å²) in [6, 6.07) is 1.06. The van der Waals surface area contributed by atoms with Gasteiger partial charge in [0.25, 0.3) is 0 Å². The van der Waals surface area contributed by atoms with Crippen LogP contribution >= 0.6 is 23.2 Å². The predicted molar refractivity (Wildman–Crippen MR) is 75.0 cm³/mol. The topological polar surface area (TPSA) is 89.7 Å². The van der Waals surface area contributed by atoms with Crippen molar-refractivity contribution in [2.45, 2.75) is 25.7 Å². The van der Waals surface area contributed by atoms with E-state index in [1.54, 1.807) is 0 Å².